The number of ether oxygens (including phenoxy) is 2. The summed E-state index contributed by atoms with van der Waals surface area (Å²) in [4.78, 5) is 19.7. The van der Waals surface area contributed by atoms with Gasteiger partial charge in [0.2, 0.25) is 5.06 Å². The minimum Gasteiger partial charge on any atom is -0.467 e. The highest BCUT2D eigenvalue weighted by Gasteiger charge is 2.24. The molecule has 2 aromatic heterocycles. The number of amides is 1. The van der Waals surface area contributed by atoms with Crippen LogP contribution in [-0.4, -0.2) is 48.8 Å². The van der Waals surface area contributed by atoms with Gasteiger partial charge in [0, 0.05) is 18.8 Å². The van der Waals surface area contributed by atoms with E-state index in [1.54, 1.807) is 11.0 Å². The largest absolute Gasteiger partial charge is 0.467 e. The van der Waals surface area contributed by atoms with Crippen molar-refractivity contribution in [2.75, 3.05) is 38.8 Å². The van der Waals surface area contributed by atoms with Gasteiger partial charge in [0.05, 0.1) is 29.9 Å². The Bertz CT molecular complexity index is 710. The number of hydrogen-bond acceptors (Lipinski definition) is 7. The summed E-state index contributed by atoms with van der Waals surface area (Å²) < 4.78 is 10.6. The van der Waals surface area contributed by atoms with E-state index >= 15 is 0 Å². The van der Waals surface area contributed by atoms with Crippen molar-refractivity contribution >= 4 is 33.1 Å². The van der Waals surface area contributed by atoms with Gasteiger partial charge in [-0.25, -0.2) is 4.98 Å². The van der Waals surface area contributed by atoms with Crippen LogP contribution in [0, 0.1) is 6.92 Å². The Morgan fingerprint density at radius 1 is 1.50 bits per heavy atom. The van der Waals surface area contributed by atoms with Crippen LogP contribution in [0.5, 0.6) is 5.06 Å². The molecule has 22 heavy (non-hydrogen) atoms. The molecular weight excluding hydrogens is 304 g/mol. The van der Waals surface area contributed by atoms with Crippen LogP contribution in [0.4, 0.5) is 5.69 Å². The maximum atomic E-state index is 12.8. The first-order valence-corrected chi connectivity index (χ1v) is 7.83. The molecule has 3 heterocycles. The lowest BCUT2D eigenvalue weighted by atomic mass is 10.1. The highest BCUT2D eigenvalue weighted by molar-refractivity contribution is 7.21. The third kappa shape index (κ3) is 2.60. The van der Waals surface area contributed by atoms with Gasteiger partial charge in [0.25, 0.3) is 5.91 Å². The lowest BCUT2D eigenvalue weighted by Crippen LogP contribution is -2.40. The van der Waals surface area contributed by atoms with Crippen molar-refractivity contribution in [1.29, 1.82) is 0 Å². The standard InChI is InChI=1S/C14H18N4O3S/c1-8-6-9(13(19)18-2-4-20-5-3-18)10-11(16)14(21-7-15)22-12(10)17-8/h6H,2-5,7,15-16H2,1H3. The molecule has 118 valence electrons. The fourth-order valence-corrected chi connectivity index (χ4v) is 3.54. The molecule has 0 bridgehead atoms. The van der Waals surface area contributed by atoms with Crippen molar-refractivity contribution in [2.45, 2.75) is 6.92 Å². The van der Waals surface area contributed by atoms with Crippen LogP contribution < -0.4 is 16.2 Å². The number of hydrogen-bond donors (Lipinski definition) is 2. The first-order valence-electron chi connectivity index (χ1n) is 7.01. The predicted octanol–water partition coefficient (Wildman–Crippen LogP) is 0.954. The van der Waals surface area contributed by atoms with Crippen LogP contribution in [0.2, 0.25) is 0 Å². The average Bonchev–Trinajstić information content (AvgIpc) is 2.83. The Balaban J connectivity index is 2.09. The number of aryl methyl sites for hydroxylation is 1. The highest BCUT2D eigenvalue weighted by atomic mass is 32.1. The molecule has 0 spiro atoms. The summed E-state index contributed by atoms with van der Waals surface area (Å²) in [5, 5.41) is 1.15. The number of fused-ring (bicyclic) bond motifs is 1. The molecule has 1 aliphatic heterocycles. The molecule has 8 heteroatoms. The second-order valence-corrected chi connectivity index (χ2v) is 5.97. The number of rotatable bonds is 3. The maximum absolute atomic E-state index is 12.8. The van der Waals surface area contributed by atoms with Gasteiger partial charge in [0.15, 0.2) is 0 Å². The van der Waals surface area contributed by atoms with E-state index in [9.17, 15) is 4.79 Å². The summed E-state index contributed by atoms with van der Waals surface area (Å²) in [5.74, 6) is -0.0531. The molecular formula is C14H18N4O3S. The molecule has 1 amide bonds. The first-order chi connectivity index (χ1) is 10.6. The van der Waals surface area contributed by atoms with E-state index < -0.39 is 0 Å². The number of morpholine rings is 1. The van der Waals surface area contributed by atoms with Crippen molar-refractivity contribution in [3.63, 3.8) is 0 Å². The Morgan fingerprint density at radius 3 is 2.91 bits per heavy atom. The average molecular weight is 322 g/mol. The summed E-state index contributed by atoms with van der Waals surface area (Å²) in [6.45, 7) is 4.16. The van der Waals surface area contributed by atoms with Crippen molar-refractivity contribution < 1.29 is 14.3 Å². The zero-order valence-corrected chi connectivity index (χ0v) is 13.1. The molecule has 0 atom stereocenters. The van der Waals surface area contributed by atoms with Gasteiger partial charge in [-0.2, -0.15) is 0 Å². The molecule has 0 saturated carbocycles. The number of carbonyl (C=O) groups excluding carboxylic acids is 1. The molecule has 0 radical (unpaired) electrons. The second kappa shape index (κ2) is 6.07. The van der Waals surface area contributed by atoms with Crippen LogP contribution in [-0.2, 0) is 4.74 Å². The van der Waals surface area contributed by atoms with Crippen molar-refractivity contribution in [3.05, 3.63) is 17.3 Å². The number of nitrogens with zero attached hydrogens (tertiary/aromatic N) is 2. The predicted molar refractivity (Wildman–Crippen MR) is 85.2 cm³/mol. The molecule has 7 nitrogen and oxygen atoms in total. The molecule has 2 aromatic rings. The van der Waals surface area contributed by atoms with Gasteiger partial charge in [-0.3, -0.25) is 10.5 Å². The minimum atomic E-state index is -0.0531. The zero-order valence-electron chi connectivity index (χ0n) is 12.3. The SMILES string of the molecule is Cc1cc(C(=O)N2CCOCC2)c2c(N)c(OCN)sc2n1. The number of carbonyl (C=O) groups is 1. The number of aromatic nitrogens is 1. The third-order valence-electron chi connectivity index (χ3n) is 3.54. The molecule has 0 aromatic carbocycles. The number of thiophene rings is 1. The van der Waals surface area contributed by atoms with Crippen LogP contribution in [0.1, 0.15) is 16.1 Å². The molecule has 4 N–H and O–H groups in total. The molecule has 1 aliphatic rings. The number of nitrogen functional groups attached to an aromatic ring is 1. The lowest BCUT2D eigenvalue weighted by Gasteiger charge is -2.27. The molecule has 3 rings (SSSR count). The van der Waals surface area contributed by atoms with E-state index in [-0.39, 0.29) is 12.6 Å². The quantitative estimate of drug-likeness (QED) is 0.816. The first kappa shape index (κ1) is 15.0. The van der Waals surface area contributed by atoms with E-state index in [2.05, 4.69) is 4.98 Å². The molecule has 1 fully saturated rings. The highest BCUT2D eigenvalue weighted by Crippen LogP contribution is 2.41. The third-order valence-corrected chi connectivity index (χ3v) is 4.55. The van der Waals surface area contributed by atoms with Gasteiger partial charge >= 0.3 is 0 Å². The van der Waals surface area contributed by atoms with E-state index in [1.165, 1.54) is 11.3 Å². The van der Waals surface area contributed by atoms with Gasteiger partial charge in [-0.1, -0.05) is 11.3 Å². The van der Waals surface area contributed by atoms with Crippen LogP contribution in [0.15, 0.2) is 6.07 Å². The molecule has 0 aliphatic carbocycles. The number of anilines is 1. The molecule has 1 saturated heterocycles. The van der Waals surface area contributed by atoms with Gasteiger partial charge in [0.1, 0.15) is 11.6 Å². The lowest BCUT2D eigenvalue weighted by molar-refractivity contribution is 0.0304. The fraction of sp³-hybridized carbons (Fsp3) is 0.429. The number of nitrogens with two attached hydrogens (primary N) is 2. The van der Waals surface area contributed by atoms with Gasteiger partial charge < -0.3 is 20.1 Å². The molecule has 0 unspecified atom stereocenters. The van der Waals surface area contributed by atoms with Crippen molar-refractivity contribution in [3.8, 4) is 5.06 Å². The van der Waals surface area contributed by atoms with Crippen LogP contribution in [0.25, 0.3) is 10.2 Å². The normalized spacial score (nSPS) is 15.3. The summed E-state index contributed by atoms with van der Waals surface area (Å²) in [5.41, 5.74) is 13.3. The van der Waals surface area contributed by atoms with E-state index in [0.717, 1.165) is 5.69 Å². The fourth-order valence-electron chi connectivity index (χ4n) is 2.51. The summed E-state index contributed by atoms with van der Waals surface area (Å²) in [6.07, 6.45) is 0. The Hall–Kier alpha value is -1.90. The summed E-state index contributed by atoms with van der Waals surface area (Å²) in [7, 11) is 0. The second-order valence-electron chi connectivity index (χ2n) is 5.01. The van der Waals surface area contributed by atoms with Gasteiger partial charge in [-0.05, 0) is 13.0 Å². The van der Waals surface area contributed by atoms with E-state index in [4.69, 9.17) is 20.9 Å². The maximum Gasteiger partial charge on any atom is 0.254 e. The topological polar surface area (TPSA) is 104 Å². The summed E-state index contributed by atoms with van der Waals surface area (Å²) >= 11 is 1.31. The zero-order chi connectivity index (χ0) is 15.7. The van der Waals surface area contributed by atoms with E-state index in [1.807, 2.05) is 6.92 Å². The summed E-state index contributed by atoms with van der Waals surface area (Å²) in [6, 6.07) is 1.77. The van der Waals surface area contributed by atoms with Crippen LogP contribution >= 0.6 is 11.3 Å². The Kier molecular flexibility index (Phi) is 4.14. The Labute approximate surface area is 131 Å². The van der Waals surface area contributed by atoms with Crippen molar-refractivity contribution in [1.82, 2.24) is 9.88 Å². The van der Waals surface area contributed by atoms with E-state index in [0.29, 0.717) is 52.8 Å². The van der Waals surface area contributed by atoms with Crippen molar-refractivity contribution in [2.24, 2.45) is 5.73 Å². The Morgan fingerprint density at radius 2 is 2.23 bits per heavy atom. The van der Waals surface area contributed by atoms with Gasteiger partial charge in [-0.15, -0.1) is 0 Å². The van der Waals surface area contributed by atoms with Crippen LogP contribution in [0.3, 0.4) is 0 Å². The number of pyridine rings is 1. The smallest absolute Gasteiger partial charge is 0.254 e. The minimum absolute atomic E-state index is 0.0305. The monoisotopic (exact) mass is 322 g/mol.